The zero-order valence-electron chi connectivity index (χ0n) is 6.96. The van der Waals surface area contributed by atoms with Crippen LogP contribution in [0.2, 0.25) is 0 Å². The topological polar surface area (TPSA) is 40.2 Å². The Labute approximate surface area is 67.8 Å². The summed E-state index contributed by atoms with van der Waals surface area (Å²) < 4.78 is 0. The minimum absolute atomic E-state index is 0.300. The average Bonchev–Trinajstić information content (AvgIpc) is 2.07. The third kappa shape index (κ3) is 3.60. The van der Waals surface area contributed by atoms with Gasteiger partial charge in [-0.15, -0.1) is 0 Å². The van der Waals surface area contributed by atoms with E-state index in [1.54, 1.807) is 0 Å². The highest BCUT2D eigenvalue weighted by molar-refractivity contribution is 5.00. The third-order valence-electron chi connectivity index (χ3n) is 1.71. The quantitative estimate of drug-likeness (QED) is 0.613. The molecule has 2 atom stereocenters. The summed E-state index contributed by atoms with van der Waals surface area (Å²) in [5, 5.41) is 11.5. The maximum absolute atomic E-state index is 8.47. The lowest BCUT2D eigenvalue weighted by atomic mass is 10.1. The number of nitriles is 1. The highest BCUT2D eigenvalue weighted by Crippen LogP contribution is 2.03. The first-order valence-corrected chi connectivity index (χ1v) is 3.71. The van der Waals surface area contributed by atoms with Gasteiger partial charge in [-0.3, -0.25) is 4.85 Å². The Morgan fingerprint density at radius 3 is 2.64 bits per heavy atom. The molecular weight excluding hydrogens is 138 g/mol. The Balaban J connectivity index is 3.82. The largest absolute Gasteiger partial charge is 0.317 e. The van der Waals surface area contributed by atoms with E-state index >= 15 is 0 Å². The molecule has 0 aliphatic carbocycles. The first-order chi connectivity index (χ1) is 5.28. The summed E-state index contributed by atoms with van der Waals surface area (Å²) in [5.74, 6) is 0. The molecule has 0 aromatic rings. The van der Waals surface area contributed by atoms with Gasteiger partial charge in [-0.1, -0.05) is 6.92 Å². The van der Waals surface area contributed by atoms with E-state index in [9.17, 15) is 0 Å². The van der Waals surface area contributed by atoms with Gasteiger partial charge in [-0.05, 0) is 13.5 Å². The molecule has 0 fully saturated rings. The Kier molecular flexibility index (Phi) is 5.15. The number of nitrogens with zero attached hydrogens (tertiary/aromatic N) is 2. The molecule has 0 saturated carbocycles. The predicted octanol–water partition coefficient (Wildman–Crippen LogP) is 1.19. The van der Waals surface area contributed by atoms with E-state index in [1.165, 1.54) is 0 Å². The van der Waals surface area contributed by atoms with Crippen molar-refractivity contribution in [3.05, 3.63) is 11.4 Å². The fraction of sp³-hybridized carbons (Fsp3) is 0.750. The van der Waals surface area contributed by atoms with Gasteiger partial charge < -0.3 is 5.32 Å². The second-order valence-corrected chi connectivity index (χ2v) is 2.40. The zero-order valence-corrected chi connectivity index (χ0v) is 6.96. The van der Waals surface area contributed by atoms with Gasteiger partial charge in [0.15, 0.2) is 6.07 Å². The molecule has 0 aliphatic rings. The van der Waals surface area contributed by atoms with Crippen molar-refractivity contribution in [2.24, 2.45) is 0 Å². The van der Waals surface area contributed by atoms with Crippen molar-refractivity contribution >= 4 is 0 Å². The van der Waals surface area contributed by atoms with Gasteiger partial charge in [-0.2, -0.15) is 5.26 Å². The lowest BCUT2D eigenvalue weighted by molar-refractivity contribution is 0.506. The molecule has 0 bridgehead atoms. The van der Waals surface area contributed by atoms with E-state index in [4.69, 9.17) is 11.8 Å². The van der Waals surface area contributed by atoms with E-state index in [-0.39, 0.29) is 0 Å². The molecule has 3 heteroatoms. The van der Waals surface area contributed by atoms with Crippen molar-refractivity contribution in [2.45, 2.75) is 31.8 Å². The molecule has 1 N–H and O–H groups in total. The summed E-state index contributed by atoms with van der Waals surface area (Å²) in [6, 6.07) is 1.78. The second kappa shape index (κ2) is 5.70. The summed E-state index contributed by atoms with van der Waals surface area (Å²) in [7, 11) is 1.85. The minimum atomic E-state index is -0.479. The van der Waals surface area contributed by atoms with Crippen LogP contribution < -0.4 is 5.32 Å². The summed E-state index contributed by atoms with van der Waals surface area (Å²) in [4.78, 5) is 3.19. The van der Waals surface area contributed by atoms with Gasteiger partial charge in [0.2, 0.25) is 0 Å². The van der Waals surface area contributed by atoms with Crippen molar-refractivity contribution in [1.82, 2.24) is 5.32 Å². The molecule has 3 nitrogen and oxygen atoms in total. The Bertz CT molecular complexity index is 157. The first kappa shape index (κ1) is 9.94. The molecule has 0 aromatic carbocycles. The van der Waals surface area contributed by atoms with Gasteiger partial charge in [0.1, 0.15) is 0 Å². The summed E-state index contributed by atoms with van der Waals surface area (Å²) in [6.45, 7) is 8.72. The van der Waals surface area contributed by atoms with Crippen LogP contribution in [0.3, 0.4) is 0 Å². The normalized spacial score (nSPS) is 14.5. The highest BCUT2D eigenvalue weighted by Gasteiger charge is 2.15. The van der Waals surface area contributed by atoms with Crippen LogP contribution in [0.1, 0.15) is 19.8 Å². The lowest BCUT2D eigenvalue weighted by Crippen LogP contribution is -2.27. The predicted molar refractivity (Wildman–Crippen MR) is 43.8 cm³/mol. The Hall–Kier alpha value is -1.06. The van der Waals surface area contributed by atoms with Crippen LogP contribution >= 0.6 is 0 Å². The van der Waals surface area contributed by atoms with Crippen molar-refractivity contribution in [2.75, 3.05) is 7.05 Å². The van der Waals surface area contributed by atoms with E-state index in [1.807, 2.05) is 20.0 Å². The molecular formula is C8H13N3. The standard InChI is InChI=1S/C8H13N3/c1-4-7(10-2)5-8(6-9)11-3/h7-8,10H,4-5H2,1-2H3/t7-,8?/m1/s1. The van der Waals surface area contributed by atoms with Gasteiger partial charge in [-0.25, -0.2) is 6.57 Å². The van der Waals surface area contributed by atoms with Crippen LogP contribution in [0, 0.1) is 17.9 Å². The van der Waals surface area contributed by atoms with Crippen molar-refractivity contribution in [1.29, 1.82) is 5.26 Å². The number of nitrogens with one attached hydrogen (secondary N) is 1. The SMILES string of the molecule is [C-]#[N+]C(C#N)C[C@@H](CC)NC. The van der Waals surface area contributed by atoms with Crippen LogP contribution in [-0.2, 0) is 0 Å². The minimum Gasteiger partial charge on any atom is -0.317 e. The highest BCUT2D eigenvalue weighted by atomic mass is 14.9. The lowest BCUT2D eigenvalue weighted by Gasteiger charge is -2.10. The molecule has 60 valence electrons. The van der Waals surface area contributed by atoms with E-state index in [0.29, 0.717) is 12.5 Å². The van der Waals surface area contributed by atoms with Crippen LogP contribution in [0.4, 0.5) is 0 Å². The maximum Gasteiger partial charge on any atom is 0.308 e. The Morgan fingerprint density at radius 2 is 2.36 bits per heavy atom. The number of hydrogen-bond acceptors (Lipinski definition) is 2. The van der Waals surface area contributed by atoms with E-state index < -0.39 is 6.04 Å². The zero-order chi connectivity index (χ0) is 8.69. The summed E-state index contributed by atoms with van der Waals surface area (Å²) >= 11 is 0. The smallest absolute Gasteiger partial charge is 0.308 e. The molecule has 0 rings (SSSR count). The maximum atomic E-state index is 8.47. The average molecular weight is 151 g/mol. The van der Waals surface area contributed by atoms with Crippen LogP contribution in [0.5, 0.6) is 0 Å². The van der Waals surface area contributed by atoms with Gasteiger partial charge >= 0.3 is 6.04 Å². The number of hydrogen-bond donors (Lipinski definition) is 1. The first-order valence-electron chi connectivity index (χ1n) is 3.71. The molecule has 0 aromatic heterocycles. The van der Waals surface area contributed by atoms with E-state index in [0.717, 1.165) is 6.42 Å². The van der Waals surface area contributed by atoms with Gasteiger partial charge in [0.05, 0.1) is 6.42 Å². The van der Waals surface area contributed by atoms with Crippen molar-refractivity contribution < 1.29 is 0 Å². The second-order valence-electron chi connectivity index (χ2n) is 2.40. The molecule has 11 heavy (non-hydrogen) atoms. The third-order valence-corrected chi connectivity index (χ3v) is 1.71. The fourth-order valence-electron chi connectivity index (χ4n) is 0.892. The molecule has 0 radical (unpaired) electrons. The molecule has 1 unspecified atom stereocenters. The molecule has 0 heterocycles. The molecule has 0 aliphatic heterocycles. The fourth-order valence-corrected chi connectivity index (χ4v) is 0.892. The van der Waals surface area contributed by atoms with Gasteiger partial charge in [0, 0.05) is 6.04 Å². The molecule has 0 saturated heterocycles. The molecule has 0 amide bonds. The summed E-state index contributed by atoms with van der Waals surface area (Å²) in [5.41, 5.74) is 0. The van der Waals surface area contributed by atoms with Gasteiger partial charge in [0.25, 0.3) is 0 Å². The molecule has 0 spiro atoms. The Morgan fingerprint density at radius 1 is 1.73 bits per heavy atom. The van der Waals surface area contributed by atoms with E-state index in [2.05, 4.69) is 10.2 Å². The van der Waals surface area contributed by atoms with Crippen LogP contribution in [0.15, 0.2) is 0 Å². The monoisotopic (exact) mass is 151 g/mol. The van der Waals surface area contributed by atoms with Crippen LogP contribution in [-0.4, -0.2) is 19.1 Å². The van der Waals surface area contributed by atoms with Crippen molar-refractivity contribution in [3.8, 4) is 6.07 Å². The van der Waals surface area contributed by atoms with Crippen molar-refractivity contribution in [3.63, 3.8) is 0 Å². The summed E-state index contributed by atoms with van der Waals surface area (Å²) in [6.07, 6.45) is 1.59. The number of rotatable bonds is 4. The van der Waals surface area contributed by atoms with Crippen LogP contribution in [0.25, 0.3) is 4.85 Å².